The lowest BCUT2D eigenvalue weighted by atomic mass is 10.0. The normalized spacial score (nSPS) is 12.9. The second kappa shape index (κ2) is 7.61. The predicted molar refractivity (Wildman–Crippen MR) is 96.3 cm³/mol. The number of H-pyrrole nitrogens is 1. The van der Waals surface area contributed by atoms with E-state index in [0.29, 0.717) is 5.92 Å². The van der Waals surface area contributed by atoms with E-state index in [1.54, 1.807) is 0 Å². The summed E-state index contributed by atoms with van der Waals surface area (Å²) in [7, 11) is 0. The van der Waals surface area contributed by atoms with Crippen molar-refractivity contribution in [3.63, 3.8) is 0 Å². The number of carboxylic acids is 1. The molecule has 5 N–H and O–H groups in total. The zero-order valence-electron chi connectivity index (χ0n) is 14.3. The summed E-state index contributed by atoms with van der Waals surface area (Å²) >= 11 is 0. The highest BCUT2D eigenvalue weighted by atomic mass is 16.4. The number of guanidine groups is 1. The molecular formula is C17H21N5O3. The standard InChI is InChI=1S/C17H21N5O3/c1-9(2)11-4-6-12(7-5-11)19-16(18)22-17-20-13(8-14(23)21-17)10(3)15(24)25/h4-10H,1-3H3,(H,24,25)(H4,18,19,20,21,22,23). The summed E-state index contributed by atoms with van der Waals surface area (Å²) < 4.78 is 0. The van der Waals surface area contributed by atoms with Gasteiger partial charge in [-0.05, 0) is 30.5 Å². The monoisotopic (exact) mass is 343 g/mol. The van der Waals surface area contributed by atoms with Crippen LogP contribution in [0.2, 0.25) is 0 Å². The Bertz CT molecular complexity index is 840. The Morgan fingerprint density at radius 3 is 2.48 bits per heavy atom. The second-order valence-electron chi connectivity index (χ2n) is 5.95. The Morgan fingerprint density at radius 2 is 1.92 bits per heavy atom. The van der Waals surface area contributed by atoms with Gasteiger partial charge in [-0.3, -0.25) is 14.6 Å². The SMILES string of the molecule is CC(C)c1ccc(N/C(N)=N/c2nc(C(C)C(=O)O)cc(=O)[nH]2)cc1. The van der Waals surface area contributed by atoms with E-state index < -0.39 is 17.4 Å². The molecule has 2 rings (SSSR count). The number of nitrogens with two attached hydrogens (primary N) is 1. The topological polar surface area (TPSA) is 133 Å². The van der Waals surface area contributed by atoms with E-state index in [-0.39, 0.29) is 17.6 Å². The highest BCUT2D eigenvalue weighted by Gasteiger charge is 2.16. The van der Waals surface area contributed by atoms with Crippen molar-refractivity contribution in [1.29, 1.82) is 0 Å². The minimum Gasteiger partial charge on any atom is -0.481 e. The average Bonchev–Trinajstić information content (AvgIpc) is 2.53. The zero-order chi connectivity index (χ0) is 18.6. The molecule has 0 saturated heterocycles. The van der Waals surface area contributed by atoms with Gasteiger partial charge in [0.1, 0.15) is 0 Å². The van der Waals surface area contributed by atoms with Crippen LogP contribution in [0.25, 0.3) is 0 Å². The van der Waals surface area contributed by atoms with Crippen LogP contribution in [0.3, 0.4) is 0 Å². The Balaban J connectivity index is 2.21. The maximum absolute atomic E-state index is 11.7. The van der Waals surface area contributed by atoms with Crippen LogP contribution in [0, 0.1) is 0 Å². The molecule has 0 amide bonds. The van der Waals surface area contributed by atoms with Gasteiger partial charge in [0.15, 0.2) is 0 Å². The lowest BCUT2D eigenvalue weighted by Gasteiger charge is -2.09. The van der Waals surface area contributed by atoms with Crippen LogP contribution in [-0.2, 0) is 4.79 Å². The lowest BCUT2D eigenvalue weighted by molar-refractivity contribution is -0.138. The third kappa shape index (κ3) is 4.90. The smallest absolute Gasteiger partial charge is 0.312 e. The van der Waals surface area contributed by atoms with Crippen LogP contribution in [0.4, 0.5) is 11.6 Å². The third-order valence-corrected chi connectivity index (χ3v) is 3.64. The number of hydrogen-bond donors (Lipinski definition) is 4. The van der Waals surface area contributed by atoms with Gasteiger partial charge in [0.05, 0.1) is 11.6 Å². The number of aliphatic imine (C=N–C) groups is 1. The van der Waals surface area contributed by atoms with Gasteiger partial charge in [0.25, 0.3) is 5.56 Å². The zero-order valence-corrected chi connectivity index (χ0v) is 14.3. The molecule has 1 heterocycles. The number of nitrogens with zero attached hydrogens (tertiary/aromatic N) is 2. The quantitative estimate of drug-likeness (QED) is 0.485. The van der Waals surface area contributed by atoms with Crippen molar-refractivity contribution in [3.05, 3.63) is 51.9 Å². The molecule has 1 aromatic heterocycles. The highest BCUT2D eigenvalue weighted by Crippen LogP contribution is 2.17. The van der Waals surface area contributed by atoms with E-state index >= 15 is 0 Å². The predicted octanol–water partition coefficient (Wildman–Crippen LogP) is 2.14. The third-order valence-electron chi connectivity index (χ3n) is 3.64. The molecule has 1 aromatic carbocycles. The molecule has 0 radical (unpaired) electrons. The van der Waals surface area contributed by atoms with Gasteiger partial charge in [-0.15, -0.1) is 0 Å². The highest BCUT2D eigenvalue weighted by molar-refractivity contribution is 5.93. The number of nitrogens with one attached hydrogen (secondary N) is 2. The number of rotatable bonds is 5. The van der Waals surface area contributed by atoms with Crippen LogP contribution >= 0.6 is 0 Å². The minimum absolute atomic E-state index is 0.0283. The van der Waals surface area contributed by atoms with Crippen molar-refractivity contribution < 1.29 is 9.90 Å². The van der Waals surface area contributed by atoms with Gasteiger partial charge in [-0.1, -0.05) is 26.0 Å². The van der Waals surface area contributed by atoms with Crippen molar-refractivity contribution in [2.45, 2.75) is 32.6 Å². The summed E-state index contributed by atoms with van der Waals surface area (Å²) in [6.07, 6.45) is 0. The Hall–Kier alpha value is -3.16. The summed E-state index contributed by atoms with van der Waals surface area (Å²) in [6.45, 7) is 5.65. The molecule has 1 atom stereocenters. The van der Waals surface area contributed by atoms with Gasteiger partial charge in [0, 0.05) is 11.8 Å². The molecule has 2 aromatic rings. The first-order valence-corrected chi connectivity index (χ1v) is 7.81. The first kappa shape index (κ1) is 18.2. The number of benzene rings is 1. The van der Waals surface area contributed by atoms with E-state index in [0.717, 1.165) is 11.8 Å². The molecule has 0 bridgehead atoms. The molecule has 0 aliphatic carbocycles. The molecular weight excluding hydrogens is 322 g/mol. The van der Waals surface area contributed by atoms with Crippen LogP contribution in [-0.4, -0.2) is 27.0 Å². The maximum atomic E-state index is 11.7. The van der Waals surface area contributed by atoms with Crippen molar-refractivity contribution in [3.8, 4) is 0 Å². The Morgan fingerprint density at radius 1 is 1.28 bits per heavy atom. The largest absolute Gasteiger partial charge is 0.481 e. The van der Waals surface area contributed by atoms with Crippen LogP contribution < -0.4 is 16.6 Å². The minimum atomic E-state index is -1.08. The van der Waals surface area contributed by atoms with Crippen LogP contribution in [0.15, 0.2) is 40.1 Å². The number of carboxylic acid groups (broad SMARTS) is 1. The fraction of sp³-hybridized carbons (Fsp3) is 0.294. The van der Waals surface area contributed by atoms with E-state index in [9.17, 15) is 9.59 Å². The Labute approximate surface area is 144 Å². The van der Waals surface area contributed by atoms with Gasteiger partial charge < -0.3 is 16.2 Å². The second-order valence-corrected chi connectivity index (χ2v) is 5.95. The summed E-state index contributed by atoms with van der Waals surface area (Å²) in [5.74, 6) is -1.60. The fourth-order valence-electron chi connectivity index (χ4n) is 2.11. The molecule has 1 unspecified atom stereocenters. The summed E-state index contributed by atoms with van der Waals surface area (Å²) in [5.41, 5.74) is 7.39. The maximum Gasteiger partial charge on any atom is 0.312 e. The molecule has 132 valence electrons. The molecule has 25 heavy (non-hydrogen) atoms. The van der Waals surface area contributed by atoms with Gasteiger partial charge >= 0.3 is 5.97 Å². The molecule has 0 saturated carbocycles. The number of carbonyl (C=O) groups is 1. The van der Waals surface area contributed by atoms with E-state index in [1.165, 1.54) is 12.5 Å². The number of aromatic nitrogens is 2. The molecule has 0 spiro atoms. The molecule has 0 aliphatic heterocycles. The first-order valence-electron chi connectivity index (χ1n) is 7.81. The molecule has 8 nitrogen and oxygen atoms in total. The van der Waals surface area contributed by atoms with E-state index in [1.807, 2.05) is 24.3 Å². The molecule has 0 aliphatic rings. The van der Waals surface area contributed by atoms with Crippen LogP contribution in [0.5, 0.6) is 0 Å². The van der Waals surface area contributed by atoms with Crippen molar-refractivity contribution >= 4 is 23.6 Å². The number of aliphatic carboxylic acids is 1. The number of hydrogen-bond acceptors (Lipinski definition) is 4. The summed E-state index contributed by atoms with van der Waals surface area (Å²) in [5, 5.41) is 11.9. The lowest BCUT2D eigenvalue weighted by Crippen LogP contribution is -2.23. The van der Waals surface area contributed by atoms with Crippen molar-refractivity contribution in [2.75, 3.05) is 5.32 Å². The number of aromatic amines is 1. The molecule has 8 heteroatoms. The average molecular weight is 343 g/mol. The van der Waals surface area contributed by atoms with Crippen molar-refractivity contribution in [1.82, 2.24) is 9.97 Å². The summed E-state index contributed by atoms with van der Waals surface area (Å²) in [6, 6.07) is 8.84. The molecule has 0 fully saturated rings. The van der Waals surface area contributed by atoms with Gasteiger partial charge in [-0.25, -0.2) is 4.98 Å². The van der Waals surface area contributed by atoms with Gasteiger partial charge in [-0.2, -0.15) is 4.99 Å². The number of anilines is 1. The van der Waals surface area contributed by atoms with Crippen molar-refractivity contribution in [2.24, 2.45) is 10.7 Å². The van der Waals surface area contributed by atoms with E-state index in [2.05, 4.69) is 34.1 Å². The van der Waals surface area contributed by atoms with E-state index in [4.69, 9.17) is 10.8 Å². The van der Waals surface area contributed by atoms with Crippen LogP contribution in [0.1, 0.15) is 43.9 Å². The fourth-order valence-corrected chi connectivity index (χ4v) is 2.11. The first-order chi connectivity index (χ1) is 11.8. The summed E-state index contributed by atoms with van der Waals surface area (Å²) in [4.78, 5) is 33.1. The Kier molecular flexibility index (Phi) is 5.53. The van der Waals surface area contributed by atoms with Gasteiger partial charge in [0.2, 0.25) is 11.9 Å².